The van der Waals surface area contributed by atoms with Crippen LogP contribution >= 0.6 is 0 Å². The smallest absolute Gasteiger partial charge is 0.251 e. The maximum atomic E-state index is 12.2. The van der Waals surface area contributed by atoms with Gasteiger partial charge in [-0.1, -0.05) is 12.8 Å². The van der Waals surface area contributed by atoms with Crippen molar-refractivity contribution < 1.29 is 4.79 Å². The average Bonchev–Trinajstić information content (AvgIpc) is 3.05. The molecule has 1 fully saturated rings. The van der Waals surface area contributed by atoms with Crippen LogP contribution in [0.2, 0.25) is 0 Å². The van der Waals surface area contributed by atoms with Crippen molar-refractivity contribution >= 4 is 16.9 Å². The molecule has 1 heterocycles. The van der Waals surface area contributed by atoms with E-state index in [1.807, 2.05) is 36.7 Å². The number of imidazole rings is 1. The molecule has 0 bridgehead atoms. The quantitative estimate of drug-likeness (QED) is 0.933. The Kier molecular flexibility index (Phi) is 3.47. The molecule has 1 amide bonds. The number of rotatable bonds is 3. The molecule has 1 aromatic carbocycles. The van der Waals surface area contributed by atoms with Gasteiger partial charge < -0.3 is 9.88 Å². The number of hydrogen-bond acceptors (Lipinski definition) is 2. The highest BCUT2D eigenvalue weighted by Gasteiger charge is 2.16. The van der Waals surface area contributed by atoms with Crippen molar-refractivity contribution in [1.82, 2.24) is 14.9 Å². The fourth-order valence-corrected chi connectivity index (χ4v) is 3.02. The van der Waals surface area contributed by atoms with Gasteiger partial charge in [0.1, 0.15) is 5.82 Å². The molecule has 1 N–H and O–H groups in total. The third kappa shape index (κ3) is 2.42. The fourth-order valence-electron chi connectivity index (χ4n) is 3.02. The second kappa shape index (κ2) is 5.27. The van der Waals surface area contributed by atoms with Crippen LogP contribution in [0.4, 0.5) is 0 Å². The minimum absolute atomic E-state index is 0.0158. The van der Waals surface area contributed by atoms with Gasteiger partial charge in [0.15, 0.2) is 0 Å². The number of carbonyl (C=O) groups is 1. The van der Waals surface area contributed by atoms with Crippen LogP contribution in [0.15, 0.2) is 18.2 Å². The SMILES string of the molecule is Cc1nc2cc(C(=O)NCC3CCCC3)ccc2n1C. The Balaban J connectivity index is 1.74. The van der Waals surface area contributed by atoms with Crippen molar-refractivity contribution in [2.24, 2.45) is 13.0 Å². The maximum Gasteiger partial charge on any atom is 0.251 e. The van der Waals surface area contributed by atoms with Gasteiger partial charge in [-0.05, 0) is 43.9 Å². The number of fused-ring (bicyclic) bond motifs is 1. The van der Waals surface area contributed by atoms with E-state index in [1.54, 1.807) is 0 Å². The van der Waals surface area contributed by atoms with Crippen LogP contribution in [0.3, 0.4) is 0 Å². The van der Waals surface area contributed by atoms with E-state index in [1.165, 1.54) is 25.7 Å². The molecule has 1 aliphatic rings. The molecule has 1 aromatic heterocycles. The van der Waals surface area contributed by atoms with Gasteiger partial charge in [0, 0.05) is 19.2 Å². The van der Waals surface area contributed by atoms with E-state index in [9.17, 15) is 4.79 Å². The molecule has 20 heavy (non-hydrogen) atoms. The highest BCUT2D eigenvalue weighted by atomic mass is 16.1. The van der Waals surface area contributed by atoms with Crippen LogP contribution in [-0.2, 0) is 7.05 Å². The van der Waals surface area contributed by atoms with Crippen LogP contribution in [0.25, 0.3) is 11.0 Å². The van der Waals surface area contributed by atoms with Crippen molar-refractivity contribution in [3.8, 4) is 0 Å². The van der Waals surface area contributed by atoms with Crippen molar-refractivity contribution in [1.29, 1.82) is 0 Å². The van der Waals surface area contributed by atoms with Crippen LogP contribution in [-0.4, -0.2) is 22.0 Å². The summed E-state index contributed by atoms with van der Waals surface area (Å²) < 4.78 is 2.04. The number of aromatic nitrogens is 2. The highest BCUT2D eigenvalue weighted by Crippen LogP contribution is 2.24. The molecule has 106 valence electrons. The Morgan fingerprint density at radius 2 is 2.15 bits per heavy atom. The van der Waals surface area contributed by atoms with Crippen molar-refractivity contribution in [3.05, 3.63) is 29.6 Å². The van der Waals surface area contributed by atoms with Crippen molar-refractivity contribution in [3.63, 3.8) is 0 Å². The number of nitrogens with zero attached hydrogens (tertiary/aromatic N) is 2. The second-order valence-corrected chi connectivity index (χ2v) is 5.78. The molecule has 1 saturated carbocycles. The largest absolute Gasteiger partial charge is 0.352 e. The first kappa shape index (κ1) is 13.2. The third-order valence-electron chi connectivity index (χ3n) is 4.39. The molecule has 0 atom stereocenters. The number of carbonyl (C=O) groups excluding carboxylic acids is 1. The lowest BCUT2D eigenvalue weighted by Crippen LogP contribution is -2.28. The molecule has 0 spiro atoms. The van der Waals surface area contributed by atoms with Gasteiger partial charge in [-0.3, -0.25) is 4.79 Å². The standard InChI is InChI=1S/C16H21N3O/c1-11-18-14-9-13(7-8-15(14)19(11)2)16(20)17-10-12-5-3-4-6-12/h7-9,12H,3-6,10H2,1-2H3,(H,17,20). The molecule has 0 saturated heterocycles. The first-order chi connectivity index (χ1) is 9.65. The zero-order valence-electron chi connectivity index (χ0n) is 12.1. The zero-order chi connectivity index (χ0) is 14.1. The molecule has 0 unspecified atom stereocenters. The van der Waals surface area contributed by atoms with E-state index >= 15 is 0 Å². The molecule has 4 heteroatoms. The van der Waals surface area contributed by atoms with Crippen molar-refractivity contribution in [2.75, 3.05) is 6.54 Å². The number of benzene rings is 1. The van der Waals surface area contributed by atoms with Gasteiger partial charge in [0.2, 0.25) is 0 Å². The number of hydrogen-bond donors (Lipinski definition) is 1. The first-order valence-corrected chi connectivity index (χ1v) is 7.36. The molecule has 3 rings (SSSR count). The summed E-state index contributed by atoms with van der Waals surface area (Å²) in [5.41, 5.74) is 2.65. The topological polar surface area (TPSA) is 46.9 Å². The van der Waals surface area contributed by atoms with Crippen LogP contribution in [0.5, 0.6) is 0 Å². The summed E-state index contributed by atoms with van der Waals surface area (Å²) in [6, 6.07) is 5.74. The average molecular weight is 271 g/mol. The lowest BCUT2D eigenvalue weighted by atomic mass is 10.1. The maximum absolute atomic E-state index is 12.2. The lowest BCUT2D eigenvalue weighted by Gasteiger charge is -2.10. The Hall–Kier alpha value is -1.84. The monoisotopic (exact) mass is 271 g/mol. The zero-order valence-corrected chi connectivity index (χ0v) is 12.1. The van der Waals surface area contributed by atoms with E-state index in [2.05, 4.69) is 10.3 Å². The van der Waals surface area contributed by atoms with E-state index in [0.717, 1.165) is 23.4 Å². The molecule has 0 aliphatic heterocycles. The summed E-state index contributed by atoms with van der Waals surface area (Å²) in [6.07, 6.45) is 5.11. The first-order valence-electron chi connectivity index (χ1n) is 7.36. The predicted octanol–water partition coefficient (Wildman–Crippen LogP) is 2.80. The van der Waals surface area contributed by atoms with E-state index in [-0.39, 0.29) is 5.91 Å². The molecule has 1 aliphatic carbocycles. The molecule has 4 nitrogen and oxygen atoms in total. The van der Waals surface area contributed by atoms with Crippen LogP contribution in [0, 0.1) is 12.8 Å². The van der Waals surface area contributed by atoms with E-state index in [4.69, 9.17) is 0 Å². The predicted molar refractivity (Wildman–Crippen MR) is 79.7 cm³/mol. The second-order valence-electron chi connectivity index (χ2n) is 5.78. The minimum atomic E-state index is 0.0158. The van der Waals surface area contributed by atoms with Gasteiger partial charge in [0.25, 0.3) is 5.91 Å². The Bertz CT molecular complexity index is 638. The highest BCUT2D eigenvalue weighted by molar-refractivity contribution is 5.97. The van der Waals surface area contributed by atoms with Gasteiger partial charge in [-0.15, -0.1) is 0 Å². The van der Waals surface area contributed by atoms with Gasteiger partial charge >= 0.3 is 0 Å². The van der Waals surface area contributed by atoms with E-state index in [0.29, 0.717) is 11.5 Å². The summed E-state index contributed by atoms with van der Waals surface area (Å²) in [7, 11) is 1.99. The van der Waals surface area contributed by atoms with E-state index < -0.39 is 0 Å². The molecule has 0 radical (unpaired) electrons. The van der Waals surface area contributed by atoms with Gasteiger partial charge in [-0.25, -0.2) is 4.98 Å². The van der Waals surface area contributed by atoms with Crippen LogP contribution in [0.1, 0.15) is 41.9 Å². The van der Waals surface area contributed by atoms with Gasteiger partial charge in [0.05, 0.1) is 11.0 Å². The molecule has 2 aromatic rings. The summed E-state index contributed by atoms with van der Waals surface area (Å²) >= 11 is 0. The van der Waals surface area contributed by atoms with Crippen LogP contribution < -0.4 is 5.32 Å². The fraction of sp³-hybridized carbons (Fsp3) is 0.500. The van der Waals surface area contributed by atoms with Gasteiger partial charge in [-0.2, -0.15) is 0 Å². The Morgan fingerprint density at radius 1 is 1.40 bits per heavy atom. The normalized spacial score (nSPS) is 15.9. The summed E-state index contributed by atoms with van der Waals surface area (Å²) in [5, 5.41) is 3.05. The minimum Gasteiger partial charge on any atom is -0.352 e. The number of amides is 1. The number of nitrogens with one attached hydrogen (secondary N) is 1. The summed E-state index contributed by atoms with van der Waals surface area (Å²) in [5.74, 6) is 1.64. The third-order valence-corrected chi connectivity index (χ3v) is 4.39. The molecular weight excluding hydrogens is 250 g/mol. The summed E-state index contributed by atoms with van der Waals surface area (Å²) in [4.78, 5) is 16.7. The Morgan fingerprint density at radius 3 is 2.90 bits per heavy atom. The molecular formula is C16H21N3O. The lowest BCUT2D eigenvalue weighted by molar-refractivity contribution is 0.0947. The summed E-state index contributed by atoms with van der Waals surface area (Å²) in [6.45, 7) is 2.78. The number of aryl methyl sites for hydroxylation is 2. The van der Waals surface area contributed by atoms with Crippen molar-refractivity contribution in [2.45, 2.75) is 32.6 Å². The Labute approximate surface area is 119 Å².